The molecule has 0 aromatic heterocycles. The summed E-state index contributed by atoms with van der Waals surface area (Å²) in [4.78, 5) is 2.36. The van der Waals surface area contributed by atoms with Gasteiger partial charge in [0.05, 0.1) is 0 Å². The monoisotopic (exact) mass is 253 g/mol. The van der Waals surface area contributed by atoms with Crippen LogP contribution in [0.1, 0.15) is 50.3 Å². The molecule has 1 heterocycles. The predicted octanol–water partition coefficient (Wildman–Crippen LogP) is 4.48. The Morgan fingerprint density at radius 2 is 1.82 bits per heavy atom. The number of hydrogen-bond acceptors (Lipinski definition) is 1. The molecular formula is C15H24ClN. The molecular weight excluding hydrogens is 230 g/mol. The molecule has 0 saturated heterocycles. The minimum atomic E-state index is 0.509. The van der Waals surface area contributed by atoms with Crippen molar-refractivity contribution in [3.05, 3.63) is 33.8 Å². The highest BCUT2D eigenvalue weighted by Crippen LogP contribution is 2.30. The number of nitrogens with zero attached hydrogens (tertiary/aromatic N) is 1. The third-order valence-corrected chi connectivity index (χ3v) is 3.47. The number of rotatable bonds is 1. The Labute approximate surface area is 111 Å². The van der Waals surface area contributed by atoms with Crippen molar-refractivity contribution < 1.29 is 0 Å². The molecule has 0 amide bonds. The van der Waals surface area contributed by atoms with Crippen molar-refractivity contribution in [1.82, 2.24) is 4.90 Å². The fourth-order valence-electron chi connectivity index (χ4n) is 2.18. The van der Waals surface area contributed by atoms with E-state index < -0.39 is 0 Å². The van der Waals surface area contributed by atoms with E-state index in [9.17, 15) is 0 Å². The first kappa shape index (κ1) is 14.5. The molecule has 96 valence electrons. The lowest BCUT2D eigenvalue weighted by atomic mass is 9.93. The number of fused-ring (bicyclic) bond motifs is 1. The van der Waals surface area contributed by atoms with Crippen LogP contribution in [0.2, 0.25) is 5.02 Å². The normalized spacial score (nSPS) is 15.2. The molecule has 0 radical (unpaired) electrons. The van der Waals surface area contributed by atoms with E-state index in [1.807, 2.05) is 13.8 Å². The largest absolute Gasteiger partial charge is 0.302 e. The smallest absolute Gasteiger partial charge is 0.0443 e. The van der Waals surface area contributed by atoms with Crippen LogP contribution in [0.4, 0.5) is 0 Å². The van der Waals surface area contributed by atoms with Gasteiger partial charge in [0.15, 0.2) is 0 Å². The van der Waals surface area contributed by atoms with Crippen molar-refractivity contribution in [2.75, 3.05) is 13.6 Å². The highest BCUT2D eigenvalue weighted by molar-refractivity contribution is 6.31. The Balaban J connectivity index is 0.000000686. The second-order valence-corrected chi connectivity index (χ2v) is 5.19. The number of likely N-dealkylation sites (N-methyl/N-ethyl adjacent to an activating group) is 1. The molecule has 0 aliphatic carbocycles. The van der Waals surface area contributed by atoms with Crippen LogP contribution in [0.25, 0.3) is 0 Å². The van der Waals surface area contributed by atoms with Crippen molar-refractivity contribution in [3.8, 4) is 0 Å². The summed E-state index contributed by atoms with van der Waals surface area (Å²) < 4.78 is 0. The molecule has 0 atom stereocenters. The molecule has 1 aromatic carbocycles. The van der Waals surface area contributed by atoms with Crippen LogP contribution >= 0.6 is 11.6 Å². The van der Waals surface area contributed by atoms with Crippen molar-refractivity contribution >= 4 is 11.6 Å². The van der Waals surface area contributed by atoms with Gasteiger partial charge in [0.2, 0.25) is 0 Å². The standard InChI is InChI=1S/C13H18ClN.C2H6/c1-9(2)12-6-11-8-15(3)5-4-10(11)7-13(12)14;1-2/h6-7,9H,4-5,8H2,1-3H3;1-2H3. The van der Waals surface area contributed by atoms with Crippen molar-refractivity contribution in [1.29, 1.82) is 0 Å². The van der Waals surface area contributed by atoms with Gasteiger partial charge >= 0.3 is 0 Å². The molecule has 17 heavy (non-hydrogen) atoms. The van der Waals surface area contributed by atoms with Crippen molar-refractivity contribution in [2.45, 2.75) is 46.6 Å². The van der Waals surface area contributed by atoms with E-state index in [0.717, 1.165) is 24.5 Å². The van der Waals surface area contributed by atoms with E-state index in [1.54, 1.807) is 0 Å². The summed E-state index contributed by atoms with van der Waals surface area (Å²) in [5.74, 6) is 0.509. The Hall–Kier alpha value is -0.530. The molecule has 2 heteroatoms. The highest BCUT2D eigenvalue weighted by Gasteiger charge is 2.16. The topological polar surface area (TPSA) is 3.24 Å². The lowest BCUT2D eigenvalue weighted by Gasteiger charge is -2.26. The van der Waals surface area contributed by atoms with E-state index in [2.05, 4.69) is 37.9 Å². The van der Waals surface area contributed by atoms with Gasteiger partial charge in [-0.05, 0) is 42.1 Å². The summed E-state index contributed by atoms with van der Waals surface area (Å²) in [6.45, 7) is 10.6. The molecule has 1 aromatic rings. The summed E-state index contributed by atoms with van der Waals surface area (Å²) in [6.07, 6.45) is 1.13. The zero-order chi connectivity index (χ0) is 13.0. The summed E-state index contributed by atoms with van der Waals surface area (Å²) in [5, 5.41) is 0.938. The first-order valence-electron chi connectivity index (χ1n) is 6.57. The Morgan fingerprint density at radius 3 is 2.41 bits per heavy atom. The van der Waals surface area contributed by atoms with Crippen molar-refractivity contribution in [3.63, 3.8) is 0 Å². The van der Waals surface area contributed by atoms with E-state index >= 15 is 0 Å². The third-order valence-electron chi connectivity index (χ3n) is 3.14. The van der Waals surface area contributed by atoms with Gasteiger partial charge in [0.25, 0.3) is 0 Å². The minimum Gasteiger partial charge on any atom is -0.302 e. The van der Waals surface area contributed by atoms with Crippen LogP contribution in [0, 0.1) is 0 Å². The second kappa shape index (κ2) is 6.42. The average molecular weight is 254 g/mol. The van der Waals surface area contributed by atoms with Crippen LogP contribution in [0.5, 0.6) is 0 Å². The van der Waals surface area contributed by atoms with Gasteiger partial charge in [0, 0.05) is 18.1 Å². The first-order valence-corrected chi connectivity index (χ1v) is 6.95. The summed E-state index contributed by atoms with van der Waals surface area (Å²) in [5.41, 5.74) is 4.17. The summed E-state index contributed by atoms with van der Waals surface area (Å²) >= 11 is 6.28. The lowest BCUT2D eigenvalue weighted by Crippen LogP contribution is -2.26. The van der Waals surface area contributed by atoms with Crippen LogP contribution in [0.3, 0.4) is 0 Å². The van der Waals surface area contributed by atoms with Crippen LogP contribution in [0.15, 0.2) is 12.1 Å². The zero-order valence-electron chi connectivity index (χ0n) is 11.7. The van der Waals surface area contributed by atoms with Crippen LogP contribution in [-0.4, -0.2) is 18.5 Å². The fourth-order valence-corrected chi connectivity index (χ4v) is 2.59. The van der Waals surface area contributed by atoms with Crippen LogP contribution < -0.4 is 0 Å². The van der Waals surface area contributed by atoms with Gasteiger partial charge in [-0.3, -0.25) is 0 Å². The number of hydrogen-bond donors (Lipinski definition) is 0. The molecule has 0 fully saturated rings. The lowest BCUT2D eigenvalue weighted by molar-refractivity contribution is 0.312. The highest BCUT2D eigenvalue weighted by atomic mass is 35.5. The summed E-state index contributed by atoms with van der Waals surface area (Å²) in [6, 6.07) is 4.46. The quantitative estimate of drug-likeness (QED) is 0.714. The molecule has 1 aliphatic rings. The van der Waals surface area contributed by atoms with E-state index in [1.165, 1.54) is 16.7 Å². The predicted molar refractivity (Wildman–Crippen MR) is 76.9 cm³/mol. The first-order chi connectivity index (χ1) is 8.08. The zero-order valence-corrected chi connectivity index (χ0v) is 12.4. The van der Waals surface area contributed by atoms with Gasteiger partial charge in [0.1, 0.15) is 0 Å². The number of benzene rings is 1. The van der Waals surface area contributed by atoms with E-state index in [0.29, 0.717) is 5.92 Å². The summed E-state index contributed by atoms with van der Waals surface area (Å²) in [7, 11) is 2.17. The van der Waals surface area contributed by atoms with E-state index in [-0.39, 0.29) is 0 Å². The maximum atomic E-state index is 6.28. The molecule has 0 unspecified atom stereocenters. The molecule has 1 nitrogen and oxygen atoms in total. The molecule has 0 bridgehead atoms. The number of halogens is 1. The maximum Gasteiger partial charge on any atom is 0.0443 e. The minimum absolute atomic E-state index is 0.509. The molecule has 0 N–H and O–H groups in total. The third kappa shape index (κ3) is 3.46. The van der Waals surface area contributed by atoms with E-state index in [4.69, 9.17) is 11.6 Å². The van der Waals surface area contributed by atoms with Gasteiger partial charge in [-0.2, -0.15) is 0 Å². The Bertz CT molecular complexity index is 371. The van der Waals surface area contributed by atoms with Gasteiger partial charge < -0.3 is 4.90 Å². The molecule has 2 rings (SSSR count). The van der Waals surface area contributed by atoms with Gasteiger partial charge in [-0.25, -0.2) is 0 Å². The van der Waals surface area contributed by atoms with Gasteiger partial charge in [-0.15, -0.1) is 0 Å². The molecule has 1 aliphatic heterocycles. The average Bonchev–Trinajstić information content (AvgIpc) is 2.31. The SMILES string of the molecule is CC.CC(C)c1cc2c(cc1Cl)CCN(C)C2. The van der Waals surface area contributed by atoms with Crippen LogP contribution in [-0.2, 0) is 13.0 Å². The Kier molecular flexibility index (Phi) is 5.48. The second-order valence-electron chi connectivity index (χ2n) is 4.78. The Morgan fingerprint density at radius 1 is 1.18 bits per heavy atom. The molecule has 0 saturated carbocycles. The maximum absolute atomic E-state index is 6.28. The molecule has 0 spiro atoms. The fraction of sp³-hybridized carbons (Fsp3) is 0.600. The van der Waals surface area contributed by atoms with Crippen molar-refractivity contribution in [2.24, 2.45) is 0 Å². The van der Waals surface area contributed by atoms with Gasteiger partial charge in [-0.1, -0.05) is 45.4 Å².